The molecule has 0 radical (unpaired) electrons. The van der Waals surface area contributed by atoms with Crippen LogP contribution in [0.5, 0.6) is 5.75 Å². The molecule has 18 heavy (non-hydrogen) atoms. The van der Waals surface area contributed by atoms with Crippen molar-refractivity contribution >= 4 is 9.84 Å². The number of phenols is 1. The summed E-state index contributed by atoms with van der Waals surface area (Å²) in [5.41, 5.74) is 1.06. The average Bonchev–Trinajstić information content (AvgIpc) is 2.36. The van der Waals surface area contributed by atoms with Gasteiger partial charge in [0.1, 0.15) is 5.75 Å². The Labute approximate surface area is 109 Å². The Kier molecular flexibility index (Phi) is 5.62. The second-order valence-corrected chi connectivity index (χ2v) is 6.72. The number of rotatable bonds is 7. The molecular formula is C13H21NO3S. The van der Waals surface area contributed by atoms with E-state index in [4.69, 9.17) is 0 Å². The molecule has 0 aromatic heterocycles. The maximum absolute atomic E-state index is 11.4. The molecule has 5 heteroatoms. The van der Waals surface area contributed by atoms with E-state index >= 15 is 0 Å². The Morgan fingerprint density at radius 2 is 1.83 bits per heavy atom. The molecule has 0 aliphatic rings. The number of sulfone groups is 1. The monoisotopic (exact) mass is 271 g/mol. The third-order valence-electron chi connectivity index (χ3n) is 2.95. The largest absolute Gasteiger partial charge is 0.508 e. The molecule has 2 N–H and O–H groups in total. The second-order valence-electron chi connectivity index (χ2n) is 4.24. The third kappa shape index (κ3) is 4.66. The van der Waals surface area contributed by atoms with Gasteiger partial charge in [0.05, 0.1) is 5.75 Å². The Morgan fingerprint density at radius 3 is 2.33 bits per heavy atom. The SMILES string of the molecule is CCC(NCCS(=O)(=O)CC)c1ccc(O)cc1. The quantitative estimate of drug-likeness (QED) is 0.794. The van der Waals surface area contributed by atoms with Crippen molar-refractivity contribution in [2.75, 3.05) is 18.1 Å². The van der Waals surface area contributed by atoms with Crippen molar-refractivity contribution in [1.82, 2.24) is 5.32 Å². The van der Waals surface area contributed by atoms with Crippen LogP contribution in [-0.4, -0.2) is 31.6 Å². The highest BCUT2D eigenvalue weighted by molar-refractivity contribution is 7.91. The zero-order valence-corrected chi connectivity index (χ0v) is 11.7. The van der Waals surface area contributed by atoms with Gasteiger partial charge in [-0.2, -0.15) is 0 Å². The number of nitrogens with one attached hydrogen (secondary N) is 1. The number of hydrogen-bond acceptors (Lipinski definition) is 4. The first-order chi connectivity index (χ1) is 8.48. The van der Waals surface area contributed by atoms with Gasteiger partial charge in [-0.15, -0.1) is 0 Å². The predicted molar refractivity (Wildman–Crippen MR) is 73.5 cm³/mol. The van der Waals surface area contributed by atoms with Gasteiger partial charge in [0.25, 0.3) is 0 Å². The highest BCUT2D eigenvalue weighted by atomic mass is 32.2. The molecule has 0 fully saturated rings. The lowest BCUT2D eigenvalue weighted by Crippen LogP contribution is -2.27. The maximum Gasteiger partial charge on any atom is 0.151 e. The third-order valence-corrected chi connectivity index (χ3v) is 4.65. The predicted octanol–water partition coefficient (Wildman–Crippen LogP) is 1.87. The first-order valence-corrected chi connectivity index (χ1v) is 8.03. The van der Waals surface area contributed by atoms with Gasteiger partial charge in [-0.1, -0.05) is 26.0 Å². The van der Waals surface area contributed by atoms with E-state index in [0.717, 1.165) is 12.0 Å². The van der Waals surface area contributed by atoms with Crippen LogP contribution in [0.4, 0.5) is 0 Å². The number of phenolic OH excluding ortho intramolecular Hbond substituents is 1. The molecule has 1 rings (SSSR count). The Bertz CT molecular complexity index is 454. The minimum absolute atomic E-state index is 0.123. The molecule has 4 nitrogen and oxygen atoms in total. The number of aromatic hydroxyl groups is 1. The van der Waals surface area contributed by atoms with Crippen molar-refractivity contribution in [2.24, 2.45) is 0 Å². The maximum atomic E-state index is 11.4. The Balaban J connectivity index is 2.55. The molecule has 0 saturated carbocycles. The first kappa shape index (κ1) is 15.0. The molecule has 0 amide bonds. The van der Waals surface area contributed by atoms with Gasteiger partial charge in [0, 0.05) is 18.3 Å². The first-order valence-electron chi connectivity index (χ1n) is 6.21. The zero-order chi connectivity index (χ0) is 13.6. The zero-order valence-electron chi connectivity index (χ0n) is 10.9. The Morgan fingerprint density at radius 1 is 1.22 bits per heavy atom. The van der Waals surface area contributed by atoms with Gasteiger partial charge < -0.3 is 10.4 Å². The van der Waals surface area contributed by atoms with Crippen LogP contribution >= 0.6 is 0 Å². The normalized spacial score (nSPS) is 13.4. The van der Waals surface area contributed by atoms with Crippen LogP contribution in [0.15, 0.2) is 24.3 Å². The lowest BCUT2D eigenvalue weighted by molar-refractivity contribution is 0.473. The molecule has 0 bridgehead atoms. The summed E-state index contributed by atoms with van der Waals surface area (Å²) in [6, 6.07) is 7.11. The Hall–Kier alpha value is -1.07. The van der Waals surface area contributed by atoms with Gasteiger partial charge in [-0.05, 0) is 24.1 Å². The van der Waals surface area contributed by atoms with Crippen LogP contribution in [0.2, 0.25) is 0 Å². The molecule has 0 saturated heterocycles. The summed E-state index contributed by atoms with van der Waals surface area (Å²) < 4.78 is 22.8. The summed E-state index contributed by atoms with van der Waals surface area (Å²) in [7, 11) is -2.91. The summed E-state index contributed by atoms with van der Waals surface area (Å²) in [5.74, 6) is 0.588. The summed E-state index contributed by atoms with van der Waals surface area (Å²) in [4.78, 5) is 0. The van der Waals surface area contributed by atoms with Crippen LogP contribution < -0.4 is 5.32 Å². The fourth-order valence-corrected chi connectivity index (χ4v) is 2.46. The molecule has 0 heterocycles. The van der Waals surface area contributed by atoms with E-state index in [0.29, 0.717) is 6.54 Å². The molecule has 102 valence electrons. The summed E-state index contributed by atoms with van der Waals surface area (Å²) in [5, 5.41) is 12.5. The lowest BCUT2D eigenvalue weighted by atomic mass is 10.0. The van der Waals surface area contributed by atoms with E-state index in [2.05, 4.69) is 5.32 Å². The van der Waals surface area contributed by atoms with Crippen molar-refractivity contribution in [3.8, 4) is 5.75 Å². The standard InChI is InChI=1S/C13H21NO3S/c1-3-13(11-5-7-12(15)8-6-11)14-9-10-18(16,17)4-2/h5-8,13-15H,3-4,9-10H2,1-2H3. The summed E-state index contributed by atoms with van der Waals surface area (Å²) in [6.45, 7) is 4.15. The van der Waals surface area contributed by atoms with E-state index in [1.165, 1.54) is 0 Å². The second kappa shape index (κ2) is 6.75. The molecule has 1 atom stereocenters. The van der Waals surface area contributed by atoms with Crippen LogP contribution in [0.25, 0.3) is 0 Å². The minimum atomic E-state index is -2.91. The van der Waals surface area contributed by atoms with E-state index in [1.54, 1.807) is 19.1 Å². The number of hydrogen-bond donors (Lipinski definition) is 2. The van der Waals surface area contributed by atoms with Gasteiger partial charge >= 0.3 is 0 Å². The van der Waals surface area contributed by atoms with Crippen LogP contribution in [0.1, 0.15) is 31.9 Å². The van der Waals surface area contributed by atoms with Crippen molar-refractivity contribution < 1.29 is 13.5 Å². The highest BCUT2D eigenvalue weighted by Crippen LogP contribution is 2.19. The van der Waals surface area contributed by atoms with Crippen molar-refractivity contribution in [2.45, 2.75) is 26.3 Å². The molecular weight excluding hydrogens is 250 g/mol. The van der Waals surface area contributed by atoms with Crippen LogP contribution in [-0.2, 0) is 9.84 Å². The molecule has 0 aliphatic carbocycles. The topological polar surface area (TPSA) is 66.4 Å². The van der Waals surface area contributed by atoms with Gasteiger partial charge in [-0.25, -0.2) is 8.42 Å². The number of benzene rings is 1. The van der Waals surface area contributed by atoms with Crippen molar-refractivity contribution in [3.63, 3.8) is 0 Å². The van der Waals surface area contributed by atoms with Gasteiger partial charge in [0.15, 0.2) is 9.84 Å². The molecule has 1 aromatic carbocycles. The fraction of sp³-hybridized carbons (Fsp3) is 0.538. The van der Waals surface area contributed by atoms with E-state index in [9.17, 15) is 13.5 Å². The molecule has 0 spiro atoms. The lowest BCUT2D eigenvalue weighted by Gasteiger charge is -2.17. The van der Waals surface area contributed by atoms with E-state index in [-0.39, 0.29) is 23.3 Å². The molecule has 0 aliphatic heterocycles. The average molecular weight is 271 g/mol. The minimum Gasteiger partial charge on any atom is -0.508 e. The smallest absolute Gasteiger partial charge is 0.151 e. The highest BCUT2D eigenvalue weighted by Gasteiger charge is 2.11. The van der Waals surface area contributed by atoms with Crippen LogP contribution in [0, 0.1) is 0 Å². The van der Waals surface area contributed by atoms with E-state index in [1.807, 2.05) is 19.1 Å². The van der Waals surface area contributed by atoms with Crippen molar-refractivity contribution in [3.05, 3.63) is 29.8 Å². The van der Waals surface area contributed by atoms with Crippen LogP contribution in [0.3, 0.4) is 0 Å². The van der Waals surface area contributed by atoms with Gasteiger partial charge in [-0.3, -0.25) is 0 Å². The van der Waals surface area contributed by atoms with E-state index < -0.39 is 9.84 Å². The summed E-state index contributed by atoms with van der Waals surface area (Å²) >= 11 is 0. The fourth-order valence-electron chi connectivity index (χ4n) is 1.74. The van der Waals surface area contributed by atoms with Gasteiger partial charge in [0.2, 0.25) is 0 Å². The molecule has 1 aromatic rings. The van der Waals surface area contributed by atoms with Crippen molar-refractivity contribution in [1.29, 1.82) is 0 Å². The molecule has 1 unspecified atom stereocenters. The summed E-state index contributed by atoms with van der Waals surface area (Å²) in [6.07, 6.45) is 0.872.